The van der Waals surface area contributed by atoms with Crippen LogP contribution in [-0.2, 0) is 13.1 Å². The summed E-state index contributed by atoms with van der Waals surface area (Å²) in [5.74, 6) is -0.589. The number of rotatable bonds is 5. The minimum Gasteiger partial charge on any atom is -0.348 e. The predicted molar refractivity (Wildman–Crippen MR) is 108 cm³/mol. The molecule has 27 heavy (non-hydrogen) atoms. The Morgan fingerprint density at radius 1 is 1.22 bits per heavy atom. The van der Waals surface area contributed by atoms with Gasteiger partial charge in [-0.05, 0) is 49.2 Å². The number of aryl methyl sites for hydroxylation is 1. The first-order valence-corrected chi connectivity index (χ1v) is 9.53. The second-order valence-electron chi connectivity index (χ2n) is 6.21. The monoisotopic (exact) mass is 449 g/mol. The smallest absolute Gasteiger partial charge is 0.255 e. The van der Waals surface area contributed by atoms with E-state index >= 15 is 0 Å². The Morgan fingerprint density at radius 2 is 1.96 bits per heavy atom. The normalized spacial score (nSPS) is 10.9. The molecule has 0 radical (unpaired) electrons. The number of aromatic nitrogens is 2. The van der Waals surface area contributed by atoms with Crippen molar-refractivity contribution in [2.45, 2.75) is 26.9 Å². The van der Waals surface area contributed by atoms with E-state index in [1.165, 1.54) is 12.1 Å². The number of carbonyl (C=O) groups excluding carboxylic acids is 1. The van der Waals surface area contributed by atoms with Gasteiger partial charge in [0.15, 0.2) is 0 Å². The van der Waals surface area contributed by atoms with E-state index in [-0.39, 0.29) is 18.3 Å². The minimum absolute atomic E-state index is 0.214. The van der Waals surface area contributed by atoms with Crippen LogP contribution in [0.1, 0.15) is 32.9 Å². The lowest BCUT2D eigenvalue weighted by Gasteiger charge is -2.09. The van der Waals surface area contributed by atoms with Gasteiger partial charge in [0, 0.05) is 21.7 Å². The van der Waals surface area contributed by atoms with E-state index < -0.39 is 0 Å². The third-order valence-electron chi connectivity index (χ3n) is 4.33. The second-order valence-corrected chi connectivity index (χ2v) is 7.47. The summed E-state index contributed by atoms with van der Waals surface area (Å²) in [4.78, 5) is 12.7. The van der Waals surface area contributed by atoms with Crippen molar-refractivity contribution in [2.24, 2.45) is 0 Å². The van der Waals surface area contributed by atoms with Crippen LogP contribution in [0.2, 0.25) is 5.02 Å². The largest absolute Gasteiger partial charge is 0.348 e. The molecule has 4 nitrogen and oxygen atoms in total. The molecule has 1 heterocycles. The summed E-state index contributed by atoms with van der Waals surface area (Å²) in [6, 6.07) is 11.9. The van der Waals surface area contributed by atoms with Gasteiger partial charge in [0.2, 0.25) is 0 Å². The molecule has 0 unspecified atom stereocenters. The zero-order valence-electron chi connectivity index (χ0n) is 14.9. The molecule has 1 N–H and O–H groups in total. The van der Waals surface area contributed by atoms with Crippen molar-refractivity contribution >= 4 is 33.4 Å². The highest BCUT2D eigenvalue weighted by Crippen LogP contribution is 2.21. The number of carbonyl (C=O) groups is 1. The van der Waals surface area contributed by atoms with Crippen LogP contribution in [0.3, 0.4) is 0 Å². The van der Waals surface area contributed by atoms with Crippen LogP contribution in [0.5, 0.6) is 0 Å². The van der Waals surface area contributed by atoms with Crippen LogP contribution in [0.4, 0.5) is 4.39 Å². The van der Waals surface area contributed by atoms with Crippen LogP contribution in [0.25, 0.3) is 0 Å². The number of nitrogens with one attached hydrogen (secondary N) is 1. The molecule has 1 amide bonds. The minimum atomic E-state index is -0.345. The molecule has 0 saturated carbocycles. The van der Waals surface area contributed by atoms with Crippen molar-refractivity contribution in [3.63, 3.8) is 0 Å². The van der Waals surface area contributed by atoms with E-state index in [9.17, 15) is 9.18 Å². The molecular formula is C20H18BrClFN3O. The number of nitrogens with zero attached hydrogens (tertiary/aromatic N) is 2. The highest BCUT2D eigenvalue weighted by atomic mass is 79.9. The van der Waals surface area contributed by atoms with Gasteiger partial charge in [-0.15, -0.1) is 0 Å². The van der Waals surface area contributed by atoms with Gasteiger partial charge in [0.05, 0.1) is 17.8 Å². The molecule has 0 aliphatic heterocycles. The lowest BCUT2D eigenvalue weighted by atomic mass is 10.1. The van der Waals surface area contributed by atoms with Crippen molar-refractivity contribution < 1.29 is 9.18 Å². The molecule has 1 aromatic heterocycles. The highest BCUT2D eigenvalue weighted by Gasteiger charge is 2.19. The Labute approximate surface area is 170 Å². The van der Waals surface area contributed by atoms with Gasteiger partial charge in [-0.2, -0.15) is 5.10 Å². The van der Waals surface area contributed by atoms with E-state index in [1.807, 2.05) is 31.2 Å². The van der Waals surface area contributed by atoms with E-state index in [2.05, 4.69) is 26.3 Å². The molecule has 0 fully saturated rings. The summed E-state index contributed by atoms with van der Waals surface area (Å²) in [7, 11) is 0. The maximum atomic E-state index is 13.4. The first kappa shape index (κ1) is 19.6. The van der Waals surface area contributed by atoms with Crippen LogP contribution in [0.15, 0.2) is 46.9 Å². The fourth-order valence-corrected chi connectivity index (χ4v) is 3.49. The van der Waals surface area contributed by atoms with Crippen LogP contribution in [-0.4, -0.2) is 15.7 Å². The summed E-state index contributed by atoms with van der Waals surface area (Å²) < 4.78 is 15.9. The fourth-order valence-electron chi connectivity index (χ4n) is 2.91. The topological polar surface area (TPSA) is 46.9 Å². The van der Waals surface area contributed by atoms with Crippen LogP contribution in [0, 0.1) is 19.7 Å². The van der Waals surface area contributed by atoms with E-state index in [0.717, 1.165) is 15.7 Å². The van der Waals surface area contributed by atoms with Crippen molar-refractivity contribution in [3.8, 4) is 0 Å². The Kier molecular flexibility index (Phi) is 5.97. The molecule has 2 aromatic carbocycles. The standard InChI is InChI=1S/C20H18BrClFN3O/c1-12-19(20(27)24-10-15-9-16(23)7-8-17(15)21)13(2)26(25-12)11-14-5-3-4-6-18(14)22/h3-9H,10-11H2,1-2H3,(H,24,27). The van der Waals surface area contributed by atoms with Gasteiger partial charge < -0.3 is 5.32 Å². The summed E-state index contributed by atoms with van der Waals surface area (Å²) in [6.45, 7) is 4.34. The number of halogens is 3. The number of hydrogen-bond acceptors (Lipinski definition) is 2. The average Bonchev–Trinajstić information content (AvgIpc) is 2.91. The number of hydrogen-bond donors (Lipinski definition) is 1. The second kappa shape index (κ2) is 8.23. The number of benzene rings is 2. The maximum Gasteiger partial charge on any atom is 0.255 e. The molecule has 140 valence electrons. The van der Waals surface area contributed by atoms with Crippen molar-refractivity contribution in [3.05, 3.63) is 85.9 Å². The van der Waals surface area contributed by atoms with E-state index in [4.69, 9.17) is 11.6 Å². The molecule has 7 heteroatoms. The molecule has 0 atom stereocenters. The molecule has 3 rings (SSSR count). The summed E-state index contributed by atoms with van der Waals surface area (Å²) in [5.41, 5.74) is 3.51. The fraction of sp³-hybridized carbons (Fsp3) is 0.200. The lowest BCUT2D eigenvalue weighted by Crippen LogP contribution is -2.24. The Hall–Kier alpha value is -2.18. The lowest BCUT2D eigenvalue weighted by molar-refractivity contribution is 0.0949. The third kappa shape index (κ3) is 4.39. The maximum absolute atomic E-state index is 13.4. The first-order valence-electron chi connectivity index (χ1n) is 8.36. The first-order chi connectivity index (χ1) is 12.9. The SMILES string of the molecule is Cc1nn(Cc2ccccc2Cl)c(C)c1C(=O)NCc1cc(F)ccc1Br. The van der Waals surface area contributed by atoms with Gasteiger partial charge in [-0.1, -0.05) is 45.7 Å². The molecule has 0 spiro atoms. The number of amides is 1. The molecule has 3 aromatic rings. The molecule has 0 saturated heterocycles. The average molecular weight is 451 g/mol. The quantitative estimate of drug-likeness (QED) is 0.592. The Bertz CT molecular complexity index is 1000. The van der Waals surface area contributed by atoms with Crippen LogP contribution >= 0.6 is 27.5 Å². The molecular weight excluding hydrogens is 433 g/mol. The third-order valence-corrected chi connectivity index (χ3v) is 5.48. The predicted octanol–water partition coefficient (Wildman–Crippen LogP) is 5.03. The van der Waals surface area contributed by atoms with Crippen molar-refractivity contribution in [1.29, 1.82) is 0 Å². The summed E-state index contributed by atoms with van der Waals surface area (Å²) >= 11 is 9.59. The van der Waals surface area contributed by atoms with E-state index in [1.54, 1.807) is 17.7 Å². The zero-order chi connectivity index (χ0) is 19.6. The summed E-state index contributed by atoms with van der Waals surface area (Å²) in [5, 5.41) is 7.98. The zero-order valence-corrected chi connectivity index (χ0v) is 17.2. The van der Waals surface area contributed by atoms with E-state index in [0.29, 0.717) is 28.4 Å². The van der Waals surface area contributed by atoms with Crippen molar-refractivity contribution in [2.75, 3.05) is 0 Å². The summed E-state index contributed by atoms with van der Waals surface area (Å²) in [6.07, 6.45) is 0. The van der Waals surface area contributed by atoms with Gasteiger partial charge >= 0.3 is 0 Å². The molecule has 0 aliphatic rings. The molecule has 0 bridgehead atoms. The van der Waals surface area contributed by atoms with Crippen LogP contribution < -0.4 is 5.32 Å². The van der Waals surface area contributed by atoms with Gasteiger partial charge in [0.25, 0.3) is 5.91 Å². The highest BCUT2D eigenvalue weighted by molar-refractivity contribution is 9.10. The van der Waals surface area contributed by atoms with Crippen molar-refractivity contribution in [1.82, 2.24) is 15.1 Å². The Balaban J connectivity index is 1.78. The van der Waals surface area contributed by atoms with Gasteiger partial charge in [0.1, 0.15) is 5.82 Å². The Morgan fingerprint density at radius 3 is 2.70 bits per heavy atom. The molecule has 0 aliphatic carbocycles. The van der Waals surface area contributed by atoms with Gasteiger partial charge in [-0.25, -0.2) is 4.39 Å². The van der Waals surface area contributed by atoms with Gasteiger partial charge in [-0.3, -0.25) is 9.48 Å².